The predicted octanol–water partition coefficient (Wildman–Crippen LogP) is 23.4. The van der Waals surface area contributed by atoms with Gasteiger partial charge in [-0.1, -0.05) is 319 Å². The van der Waals surface area contributed by atoms with Gasteiger partial charge in [0.25, 0.3) is 0 Å². The van der Waals surface area contributed by atoms with Gasteiger partial charge in [0.05, 0.1) is 27.7 Å². The summed E-state index contributed by atoms with van der Waals surface area (Å²) in [6.07, 6.45) is 86.3. The average molecular weight is 1200 g/mol. The smallest absolute Gasteiger partial charge is 0.462 e. The molecular formula is C74H139NO8P+. The van der Waals surface area contributed by atoms with Crippen molar-refractivity contribution in [1.29, 1.82) is 0 Å². The number of unbranched alkanes of at least 4 members (excludes halogenated alkanes) is 43. The van der Waals surface area contributed by atoms with Crippen molar-refractivity contribution in [2.45, 2.75) is 354 Å². The molecule has 0 saturated carbocycles. The third-order valence-electron chi connectivity index (χ3n) is 16.0. The molecule has 0 radical (unpaired) electrons. The average Bonchev–Trinajstić information content (AvgIpc) is 3.61. The fourth-order valence-corrected chi connectivity index (χ4v) is 11.3. The summed E-state index contributed by atoms with van der Waals surface area (Å²) in [6.45, 7) is 4.37. The van der Waals surface area contributed by atoms with E-state index in [2.05, 4.69) is 74.6 Å². The first-order valence-electron chi connectivity index (χ1n) is 36.0. The lowest BCUT2D eigenvalue weighted by molar-refractivity contribution is -0.870. The second-order valence-corrected chi connectivity index (χ2v) is 27.0. The largest absolute Gasteiger partial charge is 0.472 e. The first kappa shape index (κ1) is 81.7. The van der Waals surface area contributed by atoms with E-state index < -0.39 is 26.5 Å². The summed E-state index contributed by atoms with van der Waals surface area (Å²) in [5.41, 5.74) is 0. The van der Waals surface area contributed by atoms with E-state index in [0.717, 1.165) is 57.8 Å². The fourth-order valence-electron chi connectivity index (χ4n) is 10.5. The number of hydrogen-bond acceptors (Lipinski definition) is 7. The Labute approximate surface area is 521 Å². The van der Waals surface area contributed by atoms with Crippen molar-refractivity contribution in [2.24, 2.45) is 0 Å². The SMILES string of the molecule is CC/C=C\C/C=C\C/C=C\C/C=C\CCCCCCCCCCCCCCCCCCCCCCCCCCCCC(=O)OC(COC(=O)CCCCCCCCCCC/C=C\CCCCCCCCCC)COP(=O)(O)OCC[N+](C)(C)C. The van der Waals surface area contributed by atoms with Crippen LogP contribution in [0.1, 0.15) is 348 Å². The first-order chi connectivity index (χ1) is 41.0. The van der Waals surface area contributed by atoms with E-state index >= 15 is 0 Å². The molecule has 84 heavy (non-hydrogen) atoms. The van der Waals surface area contributed by atoms with Gasteiger partial charge in [0.1, 0.15) is 19.8 Å². The number of phosphoric acid groups is 1. The molecule has 1 N–H and O–H groups in total. The Morgan fingerprint density at radius 2 is 0.679 bits per heavy atom. The number of nitrogens with zero attached hydrogens (tertiary/aromatic N) is 1. The first-order valence-corrected chi connectivity index (χ1v) is 37.5. The molecule has 0 rings (SSSR count). The number of likely N-dealkylation sites (N-methyl/N-ethyl adjacent to an activating group) is 1. The summed E-state index contributed by atoms with van der Waals surface area (Å²) in [6, 6.07) is 0. The maximum atomic E-state index is 12.9. The van der Waals surface area contributed by atoms with Crippen molar-refractivity contribution in [3.05, 3.63) is 60.8 Å². The summed E-state index contributed by atoms with van der Waals surface area (Å²) in [4.78, 5) is 35.9. The van der Waals surface area contributed by atoms with Crippen molar-refractivity contribution < 1.29 is 42.1 Å². The third kappa shape index (κ3) is 68.8. The number of phosphoric ester groups is 1. The van der Waals surface area contributed by atoms with Gasteiger partial charge in [0.15, 0.2) is 6.10 Å². The van der Waals surface area contributed by atoms with Crippen LogP contribution in [0.5, 0.6) is 0 Å². The topological polar surface area (TPSA) is 108 Å². The highest BCUT2D eigenvalue weighted by atomic mass is 31.2. The van der Waals surface area contributed by atoms with Crippen molar-refractivity contribution in [2.75, 3.05) is 47.5 Å². The van der Waals surface area contributed by atoms with Gasteiger partial charge >= 0.3 is 19.8 Å². The van der Waals surface area contributed by atoms with Crippen LogP contribution in [0.25, 0.3) is 0 Å². The molecule has 2 atom stereocenters. The Morgan fingerprint density at radius 3 is 1.02 bits per heavy atom. The monoisotopic (exact) mass is 1200 g/mol. The Morgan fingerprint density at radius 1 is 0.381 bits per heavy atom. The molecule has 0 aromatic carbocycles. The van der Waals surface area contributed by atoms with Gasteiger partial charge in [-0.15, -0.1) is 0 Å². The number of allylic oxidation sites excluding steroid dienone is 10. The van der Waals surface area contributed by atoms with Gasteiger partial charge in [-0.25, -0.2) is 4.57 Å². The molecule has 0 heterocycles. The molecule has 0 bridgehead atoms. The minimum Gasteiger partial charge on any atom is -0.462 e. The second-order valence-electron chi connectivity index (χ2n) is 25.6. The van der Waals surface area contributed by atoms with Gasteiger partial charge < -0.3 is 18.9 Å². The zero-order valence-electron chi connectivity index (χ0n) is 56.1. The molecule has 0 aromatic rings. The second kappa shape index (κ2) is 65.2. The van der Waals surface area contributed by atoms with Gasteiger partial charge in [0.2, 0.25) is 0 Å². The summed E-state index contributed by atoms with van der Waals surface area (Å²) < 4.78 is 34.7. The van der Waals surface area contributed by atoms with Crippen molar-refractivity contribution in [1.82, 2.24) is 0 Å². The zero-order valence-corrected chi connectivity index (χ0v) is 57.0. The molecule has 2 unspecified atom stereocenters. The number of esters is 2. The molecule has 0 fully saturated rings. The summed E-state index contributed by atoms with van der Waals surface area (Å²) in [7, 11) is 1.49. The van der Waals surface area contributed by atoms with E-state index in [-0.39, 0.29) is 32.0 Å². The van der Waals surface area contributed by atoms with Crippen LogP contribution in [-0.4, -0.2) is 74.9 Å². The van der Waals surface area contributed by atoms with Crippen LogP contribution in [0.2, 0.25) is 0 Å². The predicted molar refractivity (Wildman–Crippen MR) is 363 cm³/mol. The van der Waals surface area contributed by atoms with E-state index in [9.17, 15) is 19.0 Å². The molecule has 0 aliphatic carbocycles. The van der Waals surface area contributed by atoms with Gasteiger partial charge in [-0.05, 0) is 77.0 Å². The Bertz CT molecular complexity index is 1600. The maximum Gasteiger partial charge on any atom is 0.472 e. The summed E-state index contributed by atoms with van der Waals surface area (Å²) >= 11 is 0. The molecule has 10 heteroatoms. The molecule has 0 aromatic heterocycles. The van der Waals surface area contributed by atoms with Crippen LogP contribution in [0.4, 0.5) is 0 Å². The highest BCUT2D eigenvalue weighted by molar-refractivity contribution is 7.47. The molecule has 0 aliphatic rings. The van der Waals surface area contributed by atoms with Crippen LogP contribution in [0.15, 0.2) is 60.8 Å². The molecule has 0 saturated heterocycles. The van der Waals surface area contributed by atoms with E-state index in [1.807, 2.05) is 21.1 Å². The number of hydrogen-bond donors (Lipinski definition) is 1. The molecule has 9 nitrogen and oxygen atoms in total. The van der Waals surface area contributed by atoms with Crippen LogP contribution in [0.3, 0.4) is 0 Å². The Balaban J connectivity index is 3.92. The number of rotatable bonds is 67. The lowest BCUT2D eigenvalue weighted by Gasteiger charge is -2.24. The minimum absolute atomic E-state index is 0.0332. The van der Waals surface area contributed by atoms with E-state index in [1.54, 1.807) is 0 Å². The fraction of sp³-hybridized carbons (Fsp3) is 0.838. The quantitative estimate of drug-likeness (QED) is 0.0211. The number of carbonyl (C=O) groups is 2. The van der Waals surface area contributed by atoms with E-state index in [1.165, 1.54) is 257 Å². The molecule has 0 amide bonds. The Kier molecular flexibility index (Phi) is 63.4. The van der Waals surface area contributed by atoms with Crippen molar-refractivity contribution >= 4 is 19.8 Å². The molecular weight excluding hydrogens is 1060 g/mol. The van der Waals surface area contributed by atoms with Gasteiger partial charge in [-0.2, -0.15) is 0 Å². The van der Waals surface area contributed by atoms with Crippen LogP contribution in [0, 0.1) is 0 Å². The minimum atomic E-state index is -4.39. The van der Waals surface area contributed by atoms with Gasteiger partial charge in [-0.3, -0.25) is 18.6 Å². The van der Waals surface area contributed by atoms with Crippen LogP contribution in [-0.2, 0) is 32.7 Å². The van der Waals surface area contributed by atoms with Crippen molar-refractivity contribution in [3.63, 3.8) is 0 Å². The van der Waals surface area contributed by atoms with Crippen LogP contribution >= 0.6 is 7.82 Å². The lowest BCUT2D eigenvalue weighted by Crippen LogP contribution is -2.37. The van der Waals surface area contributed by atoms with E-state index in [0.29, 0.717) is 17.4 Å². The van der Waals surface area contributed by atoms with Gasteiger partial charge in [0, 0.05) is 12.8 Å². The standard InChI is InChI=1S/C74H138NO8P/c1-6-8-10-12-14-16-18-20-22-24-26-28-29-30-31-32-33-34-35-36-37-38-39-40-41-42-43-44-45-47-49-51-53-55-57-59-61-63-65-67-74(77)83-72(71-82-84(78,79)81-69-68-75(3,4)5)70-80-73(76)66-64-62-60-58-56-54-52-50-48-46-27-25-23-21-19-17-15-13-11-9-7-2/h8,10,14,16,20,22,25-28,72H,6-7,9,11-13,15,17-19,21,23-24,29-71H2,1-5H3/p+1/b10-8-,16-14-,22-20-,27-25-,28-26-. The molecule has 0 aliphatic heterocycles. The van der Waals surface area contributed by atoms with Crippen molar-refractivity contribution in [3.8, 4) is 0 Å². The number of quaternary nitrogens is 1. The maximum absolute atomic E-state index is 12.9. The molecule has 492 valence electrons. The zero-order chi connectivity index (χ0) is 61.2. The summed E-state index contributed by atoms with van der Waals surface area (Å²) in [5, 5.41) is 0. The number of carbonyl (C=O) groups excluding carboxylic acids is 2. The highest BCUT2D eigenvalue weighted by Crippen LogP contribution is 2.43. The third-order valence-corrected chi connectivity index (χ3v) is 17.0. The van der Waals surface area contributed by atoms with E-state index in [4.69, 9.17) is 18.5 Å². The summed E-state index contributed by atoms with van der Waals surface area (Å²) in [5.74, 6) is -0.781. The lowest BCUT2D eigenvalue weighted by atomic mass is 10.0. The number of ether oxygens (including phenoxy) is 2. The normalized spacial score (nSPS) is 13.5. The Hall–Kier alpha value is -2.29. The van der Waals surface area contributed by atoms with Crippen LogP contribution < -0.4 is 0 Å². The molecule has 0 spiro atoms. The highest BCUT2D eigenvalue weighted by Gasteiger charge is 2.27.